The Hall–Kier alpha value is -3.72. The first-order valence-corrected chi connectivity index (χ1v) is 14.4. The molecule has 9 nitrogen and oxygen atoms in total. The van der Waals surface area contributed by atoms with Gasteiger partial charge >= 0.3 is 6.09 Å². The highest BCUT2D eigenvalue weighted by Gasteiger charge is 2.43. The van der Waals surface area contributed by atoms with Gasteiger partial charge in [0.15, 0.2) is 5.65 Å². The number of carbonyl (C=O) groups excluding carboxylic acids is 1. The predicted molar refractivity (Wildman–Crippen MR) is 154 cm³/mol. The zero-order valence-corrected chi connectivity index (χ0v) is 23.4. The summed E-state index contributed by atoms with van der Waals surface area (Å²) >= 11 is 0. The molecule has 2 aromatic heterocycles. The van der Waals surface area contributed by atoms with E-state index >= 15 is 0 Å². The number of aromatic nitrogens is 4. The van der Waals surface area contributed by atoms with E-state index in [2.05, 4.69) is 51.9 Å². The Bertz CT molecular complexity index is 1560. The van der Waals surface area contributed by atoms with Crippen LogP contribution in [0.1, 0.15) is 46.3 Å². The van der Waals surface area contributed by atoms with Crippen LogP contribution in [-0.2, 0) is 9.47 Å². The van der Waals surface area contributed by atoms with Crippen molar-refractivity contribution in [1.29, 1.82) is 0 Å². The topological polar surface area (TPSA) is 85.6 Å². The van der Waals surface area contributed by atoms with E-state index in [1.54, 1.807) is 0 Å². The molecule has 40 heavy (non-hydrogen) atoms. The summed E-state index contributed by atoms with van der Waals surface area (Å²) in [5, 5.41) is 2.36. The van der Waals surface area contributed by atoms with Crippen LogP contribution in [0, 0.1) is 11.8 Å². The highest BCUT2D eigenvalue weighted by molar-refractivity contribution is 5.93. The molecule has 9 heteroatoms. The Kier molecular flexibility index (Phi) is 6.14. The summed E-state index contributed by atoms with van der Waals surface area (Å²) in [5.74, 6) is 1.44. The number of hydrogen-bond acceptors (Lipinski definition) is 7. The standard InChI is InChI=1S/C31H36N6O3/c1-31(2,3)40-30(38)36-17-23-15-35(16-24(23)18-36)29-33-26(22-12-11-20-8-4-5-9-21(20)14-22)27-28(34-29)37(19-32-27)25-10-6-7-13-39-25/h4-5,8-9,11-12,14,19,23-25H,6-7,10,13,15-18H2,1-3H3. The van der Waals surface area contributed by atoms with Crippen LogP contribution in [0.5, 0.6) is 0 Å². The van der Waals surface area contributed by atoms with Crippen LogP contribution < -0.4 is 4.90 Å². The summed E-state index contributed by atoms with van der Waals surface area (Å²) < 4.78 is 13.8. The van der Waals surface area contributed by atoms with E-state index < -0.39 is 5.60 Å². The van der Waals surface area contributed by atoms with Gasteiger partial charge in [0.25, 0.3) is 0 Å². The van der Waals surface area contributed by atoms with Crippen molar-refractivity contribution in [1.82, 2.24) is 24.4 Å². The minimum atomic E-state index is -0.492. The van der Waals surface area contributed by atoms with E-state index in [1.807, 2.05) is 32.0 Å². The summed E-state index contributed by atoms with van der Waals surface area (Å²) in [4.78, 5) is 31.9. The monoisotopic (exact) mass is 540 g/mol. The second-order valence-electron chi connectivity index (χ2n) is 12.4. The molecule has 1 amide bonds. The van der Waals surface area contributed by atoms with Crippen molar-refractivity contribution in [2.45, 2.75) is 51.9 Å². The number of fused-ring (bicyclic) bond motifs is 3. The van der Waals surface area contributed by atoms with Crippen molar-refractivity contribution in [2.75, 3.05) is 37.7 Å². The smallest absolute Gasteiger partial charge is 0.410 e. The number of likely N-dealkylation sites (tertiary alicyclic amines) is 1. The number of amides is 1. The van der Waals surface area contributed by atoms with Crippen LogP contribution >= 0.6 is 0 Å². The van der Waals surface area contributed by atoms with Crippen molar-refractivity contribution in [2.24, 2.45) is 11.8 Å². The second kappa shape index (κ2) is 9.73. The van der Waals surface area contributed by atoms with E-state index in [9.17, 15) is 4.79 Å². The lowest BCUT2D eigenvalue weighted by atomic mass is 10.0. The molecule has 0 radical (unpaired) electrons. The quantitative estimate of drug-likeness (QED) is 0.332. The molecule has 3 atom stereocenters. The van der Waals surface area contributed by atoms with E-state index in [0.717, 1.165) is 61.4 Å². The lowest BCUT2D eigenvalue weighted by molar-refractivity contribution is -0.0298. The van der Waals surface area contributed by atoms with E-state index in [-0.39, 0.29) is 12.3 Å². The summed E-state index contributed by atoms with van der Waals surface area (Å²) in [6.07, 6.45) is 4.74. The van der Waals surface area contributed by atoms with Crippen LogP contribution in [0.15, 0.2) is 48.8 Å². The molecule has 4 aromatic rings. The van der Waals surface area contributed by atoms with Gasteiger partial charge in [-0.15, -0.1) is 0 Å². The van der Waals surface area contributed by atoms with E-state index in [0.29, 0.717) is 30.9 Å². The summed E-state index contributed by atoms with van der Waals surface area (Å²) in [7, 11) is 0. The first kappa shape index (κ1) is 25.3. The summed E-state index contributed by atoms with van der Waals surface area (Å²) in [5.41, 5.74) is 2.98. The van der Waals surface area contributed by atoms with Gasteiger partial charge in [0.05, 0.1) is 6.33 Å². The lowest BCUT2D eigenvalue weighted by Gasteiger charge is -2.26. The van der Waals surface area contributed by atoms with Crippen LogP contribution in [0.3, 0.4) is 0 Å². The first-order valence-electron chi connectivity index (χ1n) is 14.4. The van der Waals surface area contributed by atoms with Crippen molar-refractivity contribution in [3.05, 3.63) is 48.8 Å². The van der Waals surface area contributed by atoms with E-state index in [1.165, 1.54) is 10.8 Å². The summed E-state index contributed by atoms with van der Waals surface area (Å²) in [6.45, 7) is 9.49. The zero-order valence-electron chi connectivity index (χ0n) is 23.4. The van der Waals surface area contributed by atoms with Gasteiger partial charge in [0.1, 0.15) is 23.0 Å². The van der Waals surface area contributed by atoms with Crippen LogP contribution in [-0.4, -0.2) is 68.9 Å². The van der Waals surface area contributed by atoms with Gasteiger partial charge < -0.3 is 19.3 Å². The van der Waals surface area contributed by atoms with Gasteiger partial charge in [-0.05, 0) is 56.9 Å². The fourth-order valence-electron chi connectivity index (χ4n) is 6.37. The number of hydrogen-bond donors (Lipinski definition) is 0. The Balaban J connectivity index is 1.23. The molecule has 5 heterocycles. The van der Waals surface area contributed by atoms with Crippen LogP contribution in [0.4, 0.5) is 10.7 Å². The fourth-order valence-corrected chi connectivity index (χ4v) is 6.37. The normalized spacial score (nSPS) is 23.2. The van der Waals surface area contributed by atoms with Gasteiger partial charge in [0, 0.05) is 50.2 Å². The maximum absolute atomic E-state index is 12.7. The average molecular weight is 541 g/mol. The first-order chi connectivity index (χ1) is 19.3. The average Bonchev–Trinajstić information content (AvgIpc) is 3.65. The molecule has 0 spiro atoms. The van der Waals surface area contributed by atoms with Gasteiger partial charge in [0.2, 0.25) is 5.95 Å². The molecule has 0 bridgehead atoms. The Morgan fingerprint density at radius 3 is 2.48 bits per heavy atom. The molecule has 3 saturated heterocycles. The molecule has 0 aliphatic carbocycles. The molecular weight excluding hydrogens is 504 g/mol. The number of ether oxygens (including phenoxy) is 2. The number of anilines is 1. The minimum Gasteiger partial charge on any atom is -0.444 e. The Morgan fingerprint density at radius 2 is 1.75 bits per heavy atom. The predicted octanol–water partition coefficient (Wildman–Crippen LogP) is 5.65. The lowest BCUT2D eigenvalue weighted by Crippen LogP contribution is -2.37. The molecule has 0 N–H and O–H groups in total. The third kappa shape index (κ3) is 4.66. The van der Waals surface area contributed by atoms with Crippen molar-refractivity contribution in [3.8, 4) is 11.3 Å². The maximum Gasteiger partial charge on any atom is 0.410 e. The third-order valence-corrected chi connectivity index (χ3v) is 8.32. The molecule has 208 valence electrons. The largest absolute Gasteiger partial charge is 0.444 e. The minimum absolute atomic E-state index is 0.0636. The molecule has 0 saturated carbocycles. The van der Waals surface area contributed by atoms with Gasteiger partial charge in [-0.25, -0.2) is 14.8 Å². The van der Waals surface area contributed by atoms with Crippen molar-refractivity contribution >= 4 is 34.0 Å². The Morgan fingerprint density at radius 1 is 0.975 bits per heavy atom. The number of nitrogens with zero attached hydrogens (tertiary/aromatic N) is 6. The summed E-state index contributed by atoms with van der Waals surface area (Å²) in [6, 6.07) is 14.8. The SMILES string of the molecule is CC(C)(C)OC(=O)N1CC2CN(c3nc(-c4ccc5ccccc5c4)c4ncn(C5CCCCO5)c4n3)CC2C1. The fraction of sp³-hybridized carbons (Fsp3) is 0.484. The molecule has 3 unspecified atom stereocenters. The van der Waals surface area contributed by atoms with E-state index in [4.69, 9.17) is 24.4 Å². The van der Waals surface area contributed by atoms with Gasteiger partial charge in [-0.1, -0.05) is 36.4 Å². The molecule has 7 rings (SSSR count). The molecule has 3 aliphatic rings. The second-order valence-corrected chi connectivity index (χ2v) is 12.4. The number of rotatable bonds is 3. The third-order valence-electron chi connectivity index (χ3n) is 8.32. The highest BCUT2D eigenvalue weighted by atomic mass is 16.6. The molecular formula is C31H36N6O3. The van der Waals surface area contributed by atoms with Gasteiger partial charge in [-0.3, -0.25) is 4.57 Å². The molecule has 3 aliphatic heterocycles. The highest BCUT2D eigenvalue weighted by Crippen LogP contribution is 2.37. The zero-order chi connectivity index (χ0) is 27.4. The molecule has 3 fully saturated rings. The van der Waals surface area contributed by atoms with Crippen molar-refractivity contribution in [3.63, 3.8) is 0 Å². The number of carbonyl (C=O) groups is 1. The number of imidazole rings is 1. The van der Waals surface area contributed by atoms with Crippen LogP contribution in [0.2, 0.25) is 0 Å². The maximum atomic E-state index is 12.7. The van der Waals surface area contributed by atoms with Crippen LogP contribution in [0.25, 0.3) is 33.2 Å². The molecule has 2 aromatic carbocycles. The van der Waals surface area contributed by atoms with Crippen molar-refractivity contribution < 1.29 is 14.3 Å². The Labute approximate surface area is 234 Å². The number of benzene rings is 2. The van der Waals surface area contributed by atoms with Gasteiger partial charge in [-0.2, -0.15) is 4.98 Å².